The smallest absolute Gasteiger partial charge is 0.328 e. The summed E-state index contributed by atoms with van der Waals surface area (Å²) in [5, 5.41) is 2.64. The van der Waals surface area contributed by atoms with Crippen LogP contribution in [0.2, 0.25) is 0 Å². The zero-order valence-electron chi connectivity index (χ0n) is 14.4. The molecule has 0 fully saturated rings. The van der Waals surface area contributed by atoms with Crippen LogP contribution < -0.4 is 11.1 Å². The minimum Gasteiger partial charge on any atom is -0.466 e. The number of carbonyl (C=O) groups is 3. The van der Waals surface area contributed by atoms with Crippen molar-refractivity contribution in [2.75, 3.05) is 13.2 Å². The molecule has 3 N–H and O–H groups in total. The highest BCUT2D eigenvalue weighted by Gasteiger charge is 2.35. The van der Waals surface area contributed by atoms with Crippen LogP contribution in [0.25, 0.3) is 0 Å². The number of nitrogens with one attached hydrogen (secondary N) is 1. The van der Waals surface area contributed by atoms with Gasteiger partial charge in [-0.3, -0.25) is 9.59 Å². The molecule has 0 aromatic heterocycles. The first-order valence-electron chi connectivity index (χ1n) is 8.09. The summed E-state index contributed by atoms with van der Waals surface area (Å²) in [5.41, 5.74) is 5.26. The normalized spacial score (nSPS) is 23.4. The van der Waals surface area contributed by atoms with Gasteiger partial charge in [0.15, 0.2) is 0 Å². The molecule has 0 radical (unpaired) electrons. The van der Waals surface area contributed by atoms with Crippen LogP contribution in [0.1, 0.15) is 33.6 Å². The van der Waals surface area contributed by atoms with E-state index < -0.39 is 29.4 Å². The molecule has 0 spiro atoms. The van der Waals surface area contributed by atoms with Gasteiger partial charge in [-0.05, 0) is 27.2 Å². The van der Waals surface area contributed by atoms with Crippen LogP contribution >= 0.6 is 0 Å². The number of hydrogen-bond acceptors (Lipinski definition) is 6. The minimum atomic E-state index is -0.919. The lowest BCUT2D eigenvalue weighted by molar-refractivity contribution is -0.149. The molecule has 134 valence electrons. The van der Waals surface area contributed by atoms with Crippen molar-refractivity contribution in [2.45, 2.75) is 45.2 Å². The third-order valence-electron chi connectivity index (χ3n) is 3.65. The van der Waals surface area contributed by atoms with Gasteiger partial charge in [0, 0.05) is 12.0 Å². The predicted molar refractivity (Wildman–Crippen MR) is 88.8 cm³/mol. The summed E-state index contributed by atoms with van der Waals surface area (Å²) in [7, 11) is 0. The van der Waals surface area contributed by atoms with Crippen LogP contribution in [-0.4, -0.2) is 42.6 Å². The van der Waals surface area contributed by atoms with Crippen molar-refractivity contribution in [3.63, 3.8) is 0 Å². The van der Waals surface area contributed by atoms with E-state index in [2.05, 4.69) is 5.32 Å². The molecule has 0 heterocycles. The lowest BCUT2D eigenvalue weighted by Crippen LogP contribution is -2.53. The van der Waals surface area contributed by atoms with E-state index in [1.165, 1.54) is 0 Å². The van der Waals surface area contributed by atoms with Crippen molar-refractivity contribution in [1.82, 2.24) is 5.32 Å². The van der Waals surface area contributed by atoms with Gasteiger partial charge < -0.3 is 20.5 Å². The maximum absolute atomic E-state index is 12.5. The first kappa shape index (κ1) is 19.9. The van der Waals surface area contributed by atoms with Crippen LogP contribution in [-0.2, 0) is 23.9 Å². The lowest BCUT2D eigenvalue weighted by Gasteiger charge is -2.31. The Labute approximate surface area is 142 Å². The zero-order valence-corrected chi connectivity index (χ0v) is 14.4. The second kappa shape index (κ2) is 9.22. The molecule has 3 atom stereocenters. The SMILES string of the molecule is CCOC(=O)CC[C@H](NC(=O)C1C=CC=CC1(C)N)C(=O)OCC. The van der Waals surface area contributed by atoms with Gasteiger partial charge in [0.2, 0.25) is 5.91 Å². The fraction of sp³-hybridized carbons (Fsp3) is 0.588. The van der Waals surface area contributed by atoms with Crippen molar-refractivity contribution in [1.29, 1.82) is 0 Å². The van der Waals surface area contributed by atoms with E-state index >= 15 is 0 Å². The number of rotatable bonds is 8. The zero-order chi connectivity index (χ0) is 18.2. The molecule has 0 saturated carbocycles. The molecule has 1 aliphatic rings. The summed E-state index contributed by atoms with van der Waals surface area (Å²) in [6, 6.07) is -0.919. The lowest BCUT2D eigenvalue weighted by atomic mass is 9.82. The van der Waals surface area contributed by atoms with Crippen molar-refractivity contribution >= 4 is 17.8 Å². The van der Waals surface area contributed by atoms with Crippen molar-refractivity contribution in [2.24, 2.45) is 11.7 Å². The molecule has 2 unspecified atom stereocenters. The van der Waals surface area contributed by atoms with Crippen LogP contribution in [0.5, 0.6) is 0 Å². The van der Waals surface area contributed by atoms with Gasteiger partial charge >= 0.3 is 11.9 Å². The number of carbonyl (C=O) groups excluding carboxylic acids is 3. The van der Waals surface area contributed by atoms with Gasteiger partial charge in [0.05, 0.1) is 19.1 Å². The largest absolute Gasteiger partial charge is 0.466 e. The summed E-state index contributed by atoms with van der Waals surface area (Å²) in [4.78, 5) is 36.0. The third-order valence-corrected chi connectivity index (χ3v) is 3.65. The Morgan fingerprint density at radius 3 is 2.46 bits per heavy atom. The molecule has 1 rings (SSSR count). The summed E-state index contributed by atoms with van der Waals surface area (Å²) in [6.45, 7) is 5.56. The van der Waals surface area contributed by atoms with E-state index in [1.807, 2.05) is 0 Å². The summed E-state index contributed by atoms with van der Waals surface area (Å²) >= 11 is 0. The van der Waals surface area contributed by atoms with Gasteiger partial charge in [0.1, 0.15) is 6.04 Å². The van der Waals surface area contributed by atoms with E-state index in [1.54, 1.807) is 45.1 Å². The summed E-state index contributed by atoms with van der Waals surface area (Å²) in [6.07, 6.45) is 7.04. The average molecular weight is 338 g/mol. The van der Waals surface area contributed by atoms with Crippen molar-refractivity contribution in [3.8, 4) is 0 Å². The fourth-order valence-electron chi connectivity index (χ4n) is 2.37. The molecule has 1 amide bonds. The number of esters is 2. The highest BCUT2D eigenvalue weighted by atomic mass is 16.5. The molecule has 7 heteroatoms. The second-order valence-corrected chi connectivity index (χ2v) is 5.74. The maximum atomic E-state index is 12.5. The molecule has 0 aliphatic heterocycles. The summed E-state index contributed by atoms with van der Waals surface area (Å²) in [5.74, 6) is -2.00. The molecule has 0 aromatic rings. The second-order valence-electron chi connectivity index (χ2n) is 5.74. The van der Waals surface area contributed by atoms with Gasteiger partial charge in [-0.25, -0.2) is 4.79 Å². The quantitative estimate of drug-likeness (QED) is 0.635. The standard InChI is InChI=1S/C17H26N2O5/c1-4-23-14(20)10-9-13(16(22)24-5-2)19-15(21)12-8-6-7-11-17(12,3)18/h6-8,11-13H,4-5,9-10,18H2,1-3H3,(H,19,21)/t12?,13-,17?/m0/s1. The average Bonchev–Trinajstić information content (AvgIpc) is 2.51. The van der Waals surface area contributed by atoms with E-state index in [-0.39, 0.29) is 32.0 Å². The molecule has 0 bridgehead atoms. The predicted octanol–water partition coefficient (Wildman–Crippen LogP) is 0.837. The Morgan fingerprint density at radius 2 is 1.88 bits per heavy atom. The minimum absolute atomic E-state index is 0.0118. The Bertz CT molecular complexity index is 525. The van der Waals surface area contributed by atoms with Gasteiger partial charge in [0.25, 0.3) is 0 Å². The van der Waals surface area contributed by atoms with Gasteiger partial charge in [-0.1, -0.05) is 24.3 Å². The van der Waals surface area contributed by atoms with Gasteiger partial charge in [-0.15, -0.1) is 0 Å². The van der Waals surface area contributed by atoms with Crippen LogP contribution in [0.3, 0.4) is 0 Å². The van der Waals surface area contributed by atoms with Crippen molar-refractivity contribution in [3.05, 3.63) is 24.3 Å². The monoisotopic (exact) mass is 338 g/mol. The highest BCUT2D eigenvalue weighted by Crippen LogP contribution is 2.22. The third kappa shape index (κ3) is 5.81. The molecule has 24 heavy (non-hydrogen) atoms. The Balaban J connectivity index is 2.74. The number of hydrogen-bond donors (Lipinski definition) is 2. The van der Waals surface area contributed by atoms with Crippen LogP contribution in [0, 0.1) is 5.92 Å². The maximum Gasteiger partial charge on any atom is 0.328 e. The van der Waals surface area contributed by atoms with E-state index in [9.17, 15) is 14.4 Å². The van der Waals surface area contributed by atoms with E-state index in [0.29, 0.717) is 0 Å². The Morgan fingerprint density at radius 1 is 1.21 bits per heavy atom. The molecular weight excluding hydrogens is 312 g/mol. The van der Waals surface area contributed by atoms with Gasteiger partial charge in [-0.2, -0.15) is 0 Å². The van der Waals surface area contributed by atoms with Crippen LogP contribution in [0.4, 0.5) is 0 Å². The molecule has 0 aromatic carbocycles. The molecule has 1 aliphatic carbocycles. The summed E-state index contributed by atoms with van der Waals surface area (Å²) < 4.78 is 9.81. The first-order valence-corrected chi connectivity index (χ1v) is 8.09. The first-order chi connectivity index (χ1) is 11.3. The Kier molecular flexibility index (Phi) is 7.64. The number of ether oxygens (including phenoxy) is 2. The van der Waals surface area contributed by atoms with Crippen molar-refractivity contribution < 1.29 is 23.9 Å². The number of allylic oxidation sites excluding steroid dienone is 2. The van der Waals surface area contributed by atoms with E-state index in [4.69, 9.17) is 15.2 Å². The molecule has 0 saturated heterocycles. The Hall–Kier alpha value is -2.15. The molecular formula is C17H26N2O5. The van der Waals surface area contributed by atoms with Crippen LogP contribution in [0.15, 0.2) is 24.3 Å². The fourth-order valence-corrected chi connectivity index (χ4v) is 2.37. The highest BCUT2D eigenvalue weighted by molar-refractivity contribution is 5.88. The topological polar surface area (TPSA) is 108 Å². The number of nitrogens with two attached hydrogens (primary N) is 1. The molecule has 7 nitrogen and oxygen atoms in total. The number of amides is 1. The van der Waals surface area contributed by atoms with E-state index in [0.717, 1.165) is 0 Å².